The maximum absolute atomic E-state index is 12.7. The fraction of sp³-hybridized carbons (Fsp3) is 0.667. The summed E-state index contributed by atoms with van der Waals surface area (Å²) in [6.45, 7) is 7.06. The summed E-state index contributed by atoms with van der Waals surface area (Å²) in [5.74, 6) is 1.60. The Morgan fingerprint density at radius 3 is 2.56 bits per heavy atom. The predicted molar refractivity (Wildman–Crippen MR) is 96.4 cm³/mol. The number of likely N-dealkylation sites (tertiary alicyclic amines) is 1. The molecule has 0 aromatic heterocycles. The van der Waals surface area contributed by atoms with Crippen LogP contribution in [0.5, 0.6) is 11.5 Å². The fourth-order valence-electron chi connectivity index (χ4n) is 3.52. The van der Waals surface area contributed by atoms with E-state index in [0.29, 0.717) is 24.0 Å². The first kappa shape index (κ1) is 18.5. The summed E-state index contributed by atoms with van der Waals surface area (Å²) < 4.78 is 38.7. The number of hydrogen-bond acceptors (Lipinski definition) is 5. The highest BCUT2D eigenvalue weighted by molar-refractivity contribution is 7.89. The highest BCUT2D eigenvalue weighted by Gasteiger charge is 2.25. The molecule has 2 aliphatic heterocycles. The van der Waals surface area contributed by atoms with E-state index in [4.69, 9.17) is 9.47 Å². The minimum atomic E-state index is -3.56. The van der Waals surface area contributed by atoms with Gasteiger partial charge in [-0.1, -0.05) is 20.3 Å². The molecule has 0 spiro atoms. The maximum Gasteiger partial charge on any atom is 0.240 e. The smallest absolute Gasteiger partial charge is 0.240 e. The second-order valence-electron chi connectivity index (χ2n) is 7.25. The van der Waals surface area contributed by atoms with Crippen LogP contribution in [0.15, 0.2) is 23.1 Å². The summed E-state index contributed by atoms with van der Waals surface area (Å²) in [5.41, 5.74) is 0. The van der Waals surface area contributed by atoms with Gasteiger partial charge in [0, 0.05) is 18.7 Å². The van der Waals surface area contributed by atoms with Gasteiger partial charge in [0.15, 0.2) is 11.5 Å². The van der Waals surface area contributed by atoms with Crippen molar-refractivity contribution in [3.63, 3.8) is 0 Å². The van der Waals surface area contributed by atoms with E-state index in [9.17, 15) is 8.42 Å². The van der Waals surface area contributed by atoms with Gasteiger partial charge in [-0.2, -0.15) is 0 Å². The lowest BCUT2D eigenvalue weighted by atomic mass is 10.00. The van der Waals surface area contributed by atoms with Gasteiger partial charge < -0.3 is 9.47 Å². The molecule has 25 heavy (non-hydrogen) atoms. The second kappa shape index (κ2) is 7.93. The topological polar surface area (TPSA) is 67.9 Å². The first-order valence-electron chi connectivity index (χ1n) is 9.09. The average molecular weight is 368 g/mol. The molecule has 2 aliphatic rings. The third-order valence-corrected chi connectivity index (χ3v) is 6.24. The number of fused-ring (bicyclic) bond motifs is 1. The summed E-state index contributed by atoms with van der Waals surface area (Å²) in [6.07, 6.45) is 4.66. The van der Waals surface area contributed by atoms with Crippen LogP contribution in [0.1, 0.15) is 39.5 Å². The molecule has 2 heterocycles. The maximum atomic E-state index is 12.7. The van der Waals surface area contributed by atoms with Crippen LogP contribution >= 0.6 is 0 Å². The Morgan fingerprint density at radius 2 is 1.84 bits per heavy atom. The van der Waals surface area contributed by atoms with Gasteiger partial charge in [0.2, 0.25) is 16.8 Å². The lowest BCUT2D eigenvalue weighted by molar-refractivity contribution is 0.146. The number of piperidine rings is 1. The SMILES string of the molecule is CC(C)CC(CNS(=O)(=O)c1ccc2c(c1)OCO2)N1CCCCC1. The molecule has 1 atom stereocenters. The van der Waals surface area contributed by atoms with Crippen molar-refractivity contribution in [2.75, 3.05) is 26.4 Å². The Morgan fingerprint density at radius 1 is 1.12 bits per heavy atom. The van der Waals surface area contributed by atoms with Crippen molar-refractivity contribution in [2.45, 2.75) is 50.5 Å². The van der Waals surface area contributed by atoms with Crippen molar-refractivity contribution < 1.29 is 17.9 Å². The van der Waals surface area contributed by atoms with Crippen molar-refractivity contribution in [1.29, 1.82) is 0 Å². The first-order chi connectivity index (χ1) is 12.0. The van der Waals surface area contributed by atoms with E-state index in [1.165, 1.54) is 25.3 Å². The molecule has 0 saturated carbocycles. The monoisotopic (exact) mass is 368 g/mol. The molecule has 0 radical (unpaired) electrons. The first-order valence-corrected chi connectivity index (χ1v) is 10.6. The van der Waals surface area contributed by atoms with Gasteiger partial charge in [0.05, 0.1) is 4.90 Å². The Kier molecular flexibility index (Phi) is 5.86. The van der Waals surface area contributed by atoms with Gasteiger partial charge in [-0.05, 0) is 50.4 Å². The molecule has 0 aliphatic carbocycles. The van der Waals surface area contributed by atoms with Gasteiger partial charge in [-0.3, -0.25) is 4.90 Å². The zero-order valence-electron chi connectivity index (χ0n) is 15.0. The van der Waals surface area contributed by atoms with E-state index in [-0.39, 0.29) is 17.7 Å². The molecular formula is C18H28N2O4S. The highest BCUT2D eigenvalue weighted by atomic mass is 32.2. The van der Waals surface area contributed by atoms with Crippen LogP contribution in [0.3, 0.4) is 0 Å². The fourth-order valence-corrected chi connectivity index (χ4v) is 4.61. The number of nitrogens with zero attached hydrogens (tertiary/aromatic N) is 1. The number of nitrogens with one attached hydrogen (secondary N) is 1. The predicted octanol–water partition coefficient (Wildman–Crippen LogP) is 2.59. The second-order valence-corrected chi connectivity index (χ2v) is 9.01. The molecule has 140 valence electrons. The van der Waals surface area contributed by atoms with Crippen molar-refractivity contribution in [1.82, 2.24) is 9.62 Å². The number of sulfonamides is 1. The van der Waals surface area contributed by atoms with E-state index in [1.807, 2.05) is 0 Å². The number of rotatable bonds is 7. The Bertz CT molecular complexity index is 684. The highest BCUT2D eigenvalue weighted by Crippen LogP contribution is 2.33. The molecule has 1 aromatic rings. The van der Waals surface area contributed by atoms with E-state index in [2.05, 4.69) is 23.5 Å². The Labute approximate surface area is 150 Å². The van der Waals surface area contributed by atoms with Crippen LogP contribution in [0.2, 0.25) is 0 Å². The van der Waals surface area contributed by atoms with Crippen molar-refractivity contribution in [3.8, 4) is 11.5 Å². The summed E-state index contributed by atoms with van der Waals surface area (Å²) >= 11 is 0. The number of hydrogen-bond donors (Lipinski definition) is 1. The molecule has 1 unspecified atom stereocenters. The molecule has 0 amide bonds. The minimum absolute atomic E-state index is 0.137. The zero-order valence-corrected chi connectivity index (χ0v) is 15.8. The van der Waals surface area contributed by atoms with Crippen LogP contribution in [0.25, 0.3) is 0 Å². The van der Waals surface area contributed by atoms with E-state index in [1.54, 1.807) is 12.1 Å². The summed E-state index contributed by atoms with van der Waals surface area (Å²) in [4.78, 5) is 2.66. The molecule has 6 nitrogen and oxygen atoms in total. The zero-order chi connectivity index (χ0) is 17.9. The lowest BCUT2D eigenvalue weighted by Crippen LogP contribution is -2.46. The standard InChI is InChI=1S/C18H28N2O4S/c1-14(2)10-15(20-8-4-3-5-9-20)12-19-25(21,22)16-6-7-17-18(11-16)24-13-23-17/h6-7,11,14-15,19H,3-5,8-10,12-13H2,1-2H3. The molecule has 1 fully saturated rings. The Balaban J connectivity index is 1.68. The molecule has 7 heteroatoms. The van der Waals surface area contributed by atoms with Crippen LogP contribution in [0, 0.1) is 5.92 Å². The van der Waals surface area contributed by atoms with E-state index < -0.39 is 10.0 Å². The summed E-state index contributed by atoms with van der Waals surface area (Å²) in [7, 11) is -3.56. The summed E-state index contributed by atoms with van der Waals surface area (Å²) in [6, 6.07) is 4.98. The molecule has 1 N–H and O–H groups in total. The van der Waals surface area contributed by atoms with Gasteiger partial charge in [-0.25, -0.2) is 13.1 Å². The van der Waals surface area contributed by atoms with Gasteiger partial charge >= 0.3 is 0 Å². The molecule has 1 aromatic carbocycles. The van der Waals surface area contributed by atoms with E-state index >= 15 is 0 Å². The number of benzene rings is 1. The lowest BCUT2D eigenvalue weighted by Gasteiger charge is -2.35. The molecular weight excluding hydrogens is 340 g/mol. The van der Waals surface area contributed by atoms with Crippen LogP contribution < -0.4 is 14.2 Å². The minimum Gasteiger partial charge on any atom is -0.454 e. The molecule has 3 rings (SSSR count). The van der Waals surface area contributed by atoms with Gasteiger partial charge in [0.25, 0.3) is 0 Å². The molecule has 0 bridgehead atoms. The van der Waals surface area contributed by atoms with Crippen molar-refractivity contribution >= 4 is 10.0 Å². The largest absolute Gasteiger partial charge is 0.454 e. The number of ether oxygens (including phenoxy) is 2. The quantitative estimate of drug-likeness (QED) is 0.801. The summed E-state index contributed by atoms with van der Waals surface area (Å²) in [5, 5.41) is 0. The van der Waals surface area contributed by atoms with Crippen LogP contribution in [0.4, 0.5) is 0 Å². The third-order valence-electron chi connectivity index (χ3n) is 4.81. The molecule has 1 saturated heterocycles. The normalized spacial score (nSPS) is 19.3. The van der Waals surface area contributed by atoms with E-state index in [0.717, 1.165) is 19.5 Å². The van der Waals surface area contributed by atoms with Crippen LogP contribution in [-0.4, -0.2) is 45.8 Å². The van der Waals surface area contributed by atoms with Crippen molar-refractivity contribution in [3.05, 3.63) is 18.2 Å². The Hall–Kier alpha value is -1.31. The third kappa shape index (κ3) is 4.65. The average Bonchev–Trinajstić information content (AvgIpc) is 3.07. The van der Waals surface area contributed by atoms with Crippen LogP contribution in [-0.2, 0) is 10.0 Å². The van der Waals surface area contributed by atoms with Gasteiger partial charge in [-0.15, -0.1) is 0 Å². The van der Waals surface area contributed by atoms with Gasteiger partial charge in [0.1, 0.15) is 0 Å². The van der Waals surface area contributed by atoms with Crippen molar-refractivity contribution in [2.24, 2.45) is 5.92 Å².